The SMILES string of the molecule is CCc1cc(CC)c(C(=O)C(Br)CC(=O)O)c(CC)c1. The fraction of sp³-hybridized carbons (Fsp3) is 0.500. The van der Waals surface area contributed by atoms with E-state index in [1.807, 2.05) is 13.8 Å². The van der Waals surface area contributed by atoms with E-state index >= 15 is 0 Å². The van der Waals surface area contributed by atoms with Crippen LogP contribution in [0.4, 0.5) is 0 Å². The van der Waals surface area contributed by atoms with E-state index in [1.54, 1.807) is 0 Å². The summed E-state index contributed by atoms with van der Waals surface area (Å²) < 4.78 is 0. The largest absolute Gasteiger partial charge is 0.481 e. The summed E-state index contributed by atoms with van der Waals surface area (Å²) in [6.45, 7) is 6.13. The van der Waals surface area contributed by atoms with Crippen LogP contribution < -0.4 is 0 Å². The highest BCUT2D eigenvalue weighted by Gasteiger charge is 2.24. The Bertz CT molecular complexity index is 483. The van der Waals surface area contributed by atoms with E-state index in [2.05, 4.69) is 35.0 Å². The van der Waals surface area contributed by atoms with Crippen LogP contribution in [0, 0.1) is 0 Å². The Morgan fingerprint density at radius 2 is 1.60 bits per heavy atom. The number of ketones is 1. The molecule has 0 aliphatic carbocycles. The van der Waals surface area contributed by atoms with Crippen molar-refractivity contribution in [3.63, 3.8) is 0 Å². The topological polar surface area (TPSA) is 54.4 Å². The lowest BCUT2D eigenvalue weighted by Gasteiger charge is -2.16. The number of benzene rings is 1. The molecule has 1 rings (SSSR count). The van der Waals surface area contributed by atoms with Gasteiger partial charge in [0.2, 0.25) is 0 Å². The van der Waals surface area contributed by atoms with Gasteiger partial charge in [-0.1, -0.05) is 48.8 Å². The molecule has 0 radical (unpaired) electrons. The summed E-state index contributed by atoms with van der Waals surface area (Å²) in [4.78, 5) is 22.6. The van der Waals surface area contributed by atoms with Gasteiger partial charge in [-0.15, -0.1) is 0 Å². The van der Waals surface area contributed by atoms with Crippen LogP contribution in [0.3, 0.4) is 0 Å². The molecule has 0 fully saturated rings. The predicted molar refractivity (Wildman–Crippen MR) is 83.9 cm³/mol. The number of hydrogen-bond acceptors (Lipinski definition) is 2. The number of alkyl halides is 1. The maximum atomic E-state index is 12.5. The van der Waals surface area contributed by atoms with Crippen molar-refractivity contribution in [3.05, 3.63) is 34.4 Å². The highest BCUT2D eigenvalue weighted by molar-refractivity contribution is 9.10. The number of carbonyl (C=O) groups excluding carboxylic acids is 1. The number of aliphatic carboxylic acids is 1. The van der Waals surface area contributed by atoms with Gasteiger partial charge in [0.1, 0.15) is 0 Å². The molecule has 0 spiro atoms. The van der Waals surface area contributed by atoms with Crippen LogP contribution in [0.25, 0.3) is 0 Å². The number of Topliss-reactive ketones (excluding diaryl/α,β-unsaturated/α-hetero) is 1. The van der Waals surface area contributed by atoms with Gasteiger partial charge < -0.3 is 5.11 Å². The molecule has 20 heavy (non-hydrogen) atoms. The van der Waals surface area contributed by atoms with E-state index in [1.165, 1.54) is 5.56 Å². The first-order valence-electron chi connectivity index (χ1n) is 6.99. The molecule has 0 saturated heterocycles. The van der Waals surface area contributed by atoms with Crippen molar-refractivity contribution in [2.45, 2.75) is 51.3 Å². The Morgan fingerprint density at radius 3 is 1.95 bits per heavy atom. The lowest BCUT2D eigenvalue weighted by molar-refractivity contribution is -0.136. The second kappa shape index (κ2) is 7.58. The average Bonchev–Trinajstić information content (AvgIpc) is 2.43. The molecule has 0 heterocycles. The van der Waals surface area contributed by atoms with Crippen LogP contribution in [0.5, 0.6) is 0 Å². The van der Waals surface area contributed by atoms with Gasteiger partial charge in [-0.3, -0.25) is 9.59 Å². The fourth-order valence-corrected chi connectivity index (χ4v) is 2.83. The van der Waals surface area contributed by atoms with Gasteiger partial charge in [-0.05, 0) is 36.0 Å². The van der Waals surface area contributed by atoms with Crippen molar-refractivity contribution < 1.29 is 14.7 Å². The third-order valence-electron chi connectivity index (χ3n) is 3.42. The van der Waals surface area contributed by atoms with Crippen LogP contribution in [0.2, 0.25) is 0 Å². The third-order valence-corrected chi connectivity index (χ3v) is 4.16. The summed E-state index contributed by atoms with van der Waals surface area (Å²) >= 11 is 3.21. The maximum Gasteiger partial charge on any atom is 0.304 e. The number of rotatable bonds is 7. The van der Waals surface area contributed by atoms with E-state index < -0.39 is 10.8 Å². The Kier molecular flexibility index (Phi) is 6.40. The van der Waals surface area contributed by atoms with Crippen molar-refractivity contribution >= 4 is 27.7 Å². The molecule has 1 atom stereocenters. The second-order valence-corrected chi connectivity index (χ2v) is 5.88. The zero-order chi connectivity index (χ0) is 15.3. The second-order valence-electron chi connectivity index (χ2n) is 4.78. The van der Waals surface area contributed by atoms with Crippen LogP contribution in [-0.4, -0.2) is 21.7 Å². The van der Waals surface area contributed by atoms with Gasteiger partial charge in [-0.2, -0.15) is 0 Å². The molecule has 4 heteroatoms. The molecule has 1 N–H and O–H groups in total. The molecule has 0 aromatic heterocycles. The third kappa shape index (κ3) is 3.92. The number of carboxylic acids is 1. The summed E-state index contributed by atoms with van der Waals surface area (Å²) in [5, 5.41) is 8.83. The minimum Gasteiger partial charge on any atom is -0.481 e. The smallest absolute Gasteiger partial charge is 0.304 e. The zero-order valence-electron chi connectivity index (χ0n) is 12.2. The summed E-state index contributed by atoms with van der Waals surface area (Å²) in [5.74, 6) is -1.09. The maximum absolute atomic E-state index is 12.5. The van der Waals surface area contributed by atoms with Crippen LogP contribution in [-0.2, 0) is 24.1 Å². The van der Waals surface area contributed by atoms with Gasteiger partial charge in [0.05, 0.1) is 11.2 Å². The molecule has 1 unspecified atom stereocenters. The first-order valence-corrected chi connectivity index (χ1v) is 7.90. The molecule has 0 aliphatic heterocycles. The Hall–Kier alpha value is -1.16. The van der Waals surface area contributed by atoms with E-state index in [4.69, 9.17) is 5.11 Å². The number of carbonyl (C=O) groups is 2. The molecular weight excluding hydrogens is 320 g/mol. The summed E-state index contributed by atoms with van der Waals surface area (Å²) in [6.07, 6.45) is 2.28. The number of carboxylic acid groups (broad SMARTS) is 1. The van der Waals surface area contributed by atoms with Crippen LogP contribution in [0.1, 0.15) is 54.2 Å². The molecule has 3 nitrogen and oxygen atoms in total. The summed E-state index contributed by atoms with van der Waals surface area (Å²) in [6, 6.07) is 4.12. The number of halogens is 1. The van der Waals surface area contributed by atoms with E-state index in [0.717, 1.165) is 30.4 Å². The lowest BCUT2D eigenvalue weighted by atomic mass is 9.90. The van der Waals surface area contributed by atoms with Crippen molar-refractivity contribution in [1.82, 2.24) is 0 Å². The molecule has 110 valence electrons. The minimum atomic E-state index is -0.971. The molecule has 0 aliphatic rings. The standard InChI is InChI=1S/C16H21BrO3/c1-4-10-7-11(5-2)15(12(6-3)8-10)16(20)13(17)9-14(18)19/h7-8,13H,4-6,9H2,1-3H3,(H,18,19). The monoisotopic (exact) mass is 340 g/mol. The molecule has 1 aromatic carbocycles. The Labute approximate surface area is 128 Å². The highest BCUT2D eigenvalue weighted by atomic mass is 79.9. The van der Waals surface area contributed by atoms with Crippen molar-refractivity contribution in [2.75, 3.05) is 0 Å². The van der Waals surface area contributed by atoms with Gasteiger partial charge in [-0.25, -0.2) is 0 Å². The molecule has 0 saturated carbocycles. The number of hydrogen-bond donors (Lipinski definition) is 1. The van der Waals surface area contributed by atoms with Gasteiger partial charge >= 0.3 is 5.97 Å². The van der Waals surface area contributed by atoms with Gasteiger partial charge in [0, 0.05) is 5.56 Å². The normalized spacial score (nSPS) is 12.2. The highest BCUT2D eigenvalue weighted by Crippen LogP contribution is 2.24. The van der Waals surface area contributed by atoms with Crippen LogP contribution in [0.15, 0.2) is 12.1 Å². The Morgan fingerprint density at radius 1 is 1.10 bits per heavy atom. The van der Waals surface area contributed by atoms with Gasteiger partial charge in [0.25, 0.3) is 0 Å². The first-order chi connectivity index (χ1) is 9.44. The number of aryl methyl sites for hydroxylation is 3. The van der Waals surface area contributed by atoms with Crippen molar-refractivity contribution in [2.24, 2.45) is 0 Å². The van der Waals surface area contributed by atoms with E-state index in [-0.39, 0.29) is 12.2 Å². The zero-order valence-corrected chi connectivity index (χ0v) is 13.8. The molecule has 1 aromatic rings. The average molecular weight is 341 g/mol. The lowest BCUT2D eigenvalue weighted by Crippen LogP contribution is -2.21. The van der Waals surface area contributed by atoms with Gasteiger partial charge in [0.15, 0.2) is 5.78 Å². The minimum absolute atomic E-state index is 0.122. The molecular formula is C16H21BrO3. The quantitative estimate of drug-likeness (QED) is 0.606. The van der Waals surface area contributed by atoms with Crippen LogP contribution >= 0.6 is 15.9 Å². The van der Waals surface area contributed by atoms with Crippen molar-refractivity contribution in [3.8, 4) is 0 Å². The summed E-state index contributed by atoms with van der Waals surface area (Å²) in [5.41, 5.74) is 3.96. The predicted octanol–water partition coefficient (Wildman–Crippen LogP) is 3.79. The fourth-order valence-electron chi connectivity index (χ4n) is 2.32. The van der Waals surface area contributed by atoms with E-state index in [9.17, 15) is 9.59 Å². The van der Waals surface area contributed by atoms with Crippen molar-refractivity contribution in [1.29, 1.82) is 0 Å². The summed E-state index contributed by atoms with van der Waals surface area (Å²) in [7, 11) is 0. The van der Waals surface area contributed by atoms with E-state index in [0.29, 0.717) is 5.56 Å². The first kappa shape index (κ1) is 16.9. The molecule has 0 bridgehead atoms. The Balaban J connectivity index is 3.27. The molecule has 0 amide bonds.